The van der Waals surface area contributed by atoms with E-state index in [-0.39, 0.29) is 18.0 Å². The maximum absolute atomic E-state index is 12.4. The average Bonchev–Trinajstić information content (AvgIpc) is 2.62. The number of nitrogens with zero attached hydrogens (tertiary/aromatic N) is 2. The maximum Gasteiger partial charge on any atom is 0.409 e. The van der Waals surface area contributed by atoms with Gasteiger partial charge in [0.05, 0.1) is 12.6 Å². The van der Waals surface area contributed by atoms with Gasteiger partial charge in [-0.3, -0.25) is 9.69 Å². The van der Waals surface area contributed by atoms with Crippen LogP contribution in [-0.4, -0.2) is 60.6 Å². The number of amides is 2. The highest BCUT2D eigenvalue weighted by Crippen LogP contribution is 2.13. The third-order valence-electron chi connectivity index (χ3n) is 4.40. The quantitative estimate of drug-likeness (QED) is 0.898. The third kappa shape index (κ3) is 4.71. The Labute approximate surface area is 143 Å². The number of benzene rings is 1. The highest BCUT2D eigenvalue weighted by Gasteiger charge is 2.27. The van der Waals surface area contributed by atoms with Crippen LogP contribution in [0.5, 0.6) is 0 Å². The zero-order valence-electron chi connectivity index (χ0n) is 14.7. The molecule has 1 fully saturated rings. The second kappa shape index (κ2) is 8.68. The van der Waals surface area contributed by atoms with Crippen LogP contribution in [0.15, 0.2) is 24.3 Å². The second-order valence-electron chi connectivity index (χ2n) is 5.94. The number of rotatable bonds is 5. The Morgan fingerprint density at radius 3 is 2.29 bits per heavy atom. The van der Waals surface area contributed by atoms with Crippen molar-refractivity contribution in [3.8, 4) is 0 Å². The highest BCUT2D eigenvalue weighted by molar-refractivity contribution is 5.94. The summed E-state index contributed by atoms with van der Waals surface area (Å²) in [5.74, 6) is -0.0242. The fourth-order valence-electron chi connectivity index (χ4n) is 2.74. The van der Waals surface area contributed by atoms with Gasteiger partial charge in [-0.1, -0.05) is 19.1 Å². The van der Waals surface area contributed by atoms with Crippen LogP contribution in [0.4, 0.5) is 10.5 Å². The Bertz CT molecular complexity index is 551. The number of hydrogen-bond acceptors (Lipinski definition) is 4. The predicted octanol–water partition coefficient (Wildman–Crippen LogP) is 2.35. The first-order valence-corrected chi connectivity index (χ1v) is 8.60. The minimum absolute atomic E-state index is 0.0242. The molecule has 0 bridgehead atoms. The van der Waals surface area contributed by atoms with Crippen LogP contribution < -0.4 is 5.32 Å². The second-order valence-corrected chi connectivity index (χ2v) is 5.94. The molecule has 6 heteroatoms. The molecule has 0 aliphatic carbocycles. The molecule has 1 N–H and O–H groups in total. The van der Waals surface area contributed by atoms with E-state index in [9.17, 15) is 9.59 Å². The van der Waals surface area contributed by atoms with Gasteiger partial charge in [0.1, 0.15) is 0 Å². The van der Waals surface area contributed by atoms with Gasteiger partial charge < -0.3 is 15.0 Å². The van der Waals surface area contributed by atoms with Crippen LogP contribution >= 0.6 is 0 Å². The van der Waals surface area contributed by atoms with Gasteiger partial charge in [0, 0.05) is 31.9 Å². The van der Waals surface area contributed by atoms with E-state index >= 15 is 0 Å². The summed E-state index contributed by atoms with van der Waals surface area (Å²) in [6.45, 7) is 8.69. The van der Waals surface area contributed by atoms with Crippen molar-refractivity contribution < 1.29 is 14.3 Å². The van der Waals surface area contributed by atoms with Gasteiger partial charge in [0.15, 0.2) is 0 Å². The van der Waals surface area contributed by atoms with Crippen LogP contribution in [-0.2, 0) is 16.0 Å². The molecule has 0 saturated carbocycles. The van der Waals surface area contributed by atoms with Gasteiger partial charge in [-0.25, -0.2) is 4.79 Å². The van der Waals surface area contributed by atoms with Gasteiger partial charge >= 0.3 is 6.09 Å². The molecule has 132 valence electrons. The molecule has 1 atom stereocenters. The van der Waals surface area contributed by atoms with Gasteiger partial charge in [-0.2, -0.15) is 0 Å². The summed E-state index contributed by atoms with van der Waals surface area (Å²) < 4.78 is 5.01. The molecule has 2 rings (SSSR count). The first-order valence-electron chi connectivity index (χ1n) is 8.60. The minimum atomic E-state index is -0.273. The topological polar surface area (TPSA) is 61.9 Å². The molecule has 1 saturated heterocycles. The number of carbonyl (C=O) groups excluding carboxylic acids is 2. The van der Waals surface area contributed by atoms with Crippen molar-refractivity contribution in [3.05, 3.63) is 29.8 Å². The molecule has 0 spiro atoms. The number of anilines is 1. The van der Waals surface area contributed by atoms with Crippen molar-refractivity contribution in [3.63, 3.8) is 0 Å². The summed E-state index contributed by atoms with van der Waals surface area (Å²) in [6.07, 6.45) is 0.709. The lowest BCUT2D eigenvalue weighted by atomic mass is 10.1. The molecule has 2 amide bonds. The van der Waals surface area contributed by atoms with Crippen molar-refractivity contribution in [2.45, 2.75) is 33.2 Å². The summed E-state index contributed by atoms with van der Waals surface area (Å²) in [6, 6.07) is 7.68. The molecule has 24 heavy (non-hydrogen) atoms. The molecule has 1 heterocycles. The Morgan fingerprint density at radius 2 is 1.75 bits per heavy atom. The number of ether oxygens (including phenoxy) is 1. The van der Waals surface area contributed by atoms with E-state index in [2.05, 4.69) is 17.1 Å². The minimum Gasteiger partial charge on any atom is -0.450 e. The van der Waals surface area contributed by atoms with E-state index in [4.69, 9.17) is 4.74 Å². The van der Waals surface area contributed by atoms with Crippen molar-refractivity contribution >= 4 is 17.7 Å². The first-order chi connectivity index (χ1) is 11.5. The van der Waals surface area contributed by atoms with Crippen LogP contribution in [0.2, 0.25) is 0 Å². The molecular formula is C18H27N3O3. The molecule has 1 aromatic rings. The smallest absolute Gasteiger partial charge is 0.409 e. The van der Waals surface area contributed by atoms with E-state index in [0.717, 1.165) is 12.1 Å². The summed E-state index contributed by atoms with van der Waals surface area (Å²) in [7, 11) is 0. The fourth-order valence-corrected chi connectivity index (χ4v) is 2.74. The zero-order valence-corrected chi connectivity index (χ0v) is 14.7. The monoisotopic (exact) mass is 333 g/mol. The largest absolute Gasteiger partial charge is 0.450 e. The van der Waals surface area contributed by atoms with Gasteiger partial charge in [0.2, 0.25) is 5.91 Å². The van der Waals surface area contributed by atoms with E-state index < -0.39 is 0 Å². The van der Waals surface area contributed by atoms with Gasteiger partial charge in [-0.15, -0.1) is 0 Å². The van der Waals surface area contributed by atoms with E-state index in [0.29, 0.717) is 32.8 Å². The molecule has 0 radical (unpaired) electrons. The number of hydrogen-bond donors (Lipinski definition) is 1. The number of carbonyl (C=O) groups is 2. The lowest BCUT2D eigenvalue weighted by Crippen LogP contribution is -2.54. The van der Waals surface area contributed by atoms with Crippen LogP contribution in [0.1, 0.15) is 26.3 Å². The number of nitrogens with one attached hydrogen (secondary N) is 1. The molecule has 0 unspecified atom stereocenters. The Kier molecular flexibility index (Phi) is 6.61. The molecule has 6 nitrogen and oxygen atoms in total. The Morgan fingerprint density at radius 1 is 1.12 bits per heavy atom. The molecule has 1 aliphatic heterocycles. The maximum atomic E-state index is 12.4. The molecular weight excluding hydrogens is 306 g/mol. The van der Waals surface area contributed by atoms with Crippen molar-refractivity contribution in [1.29, 1.82) is 0 Å². The normalized spacial score (nSPS) is 16.5. The number of aryl methyl sites for hydroxylation is 1. The molecule has 1 aliphatic rings. The Balaban J connectivity index is 1.84. The first kappa shape index (κ1) is 18.3. The van der Waals surface area contributed by atoms with E-state index in [1.54, 1.807) is 11.8 Å². The van der Waals surface area contributed by atoms with Gasteiger partial charge in [-0.05, 0) is 38.0 Å². The van der Waals surface area contributed by atoms with Gasteiger partial charge in [0.25, 0.3) is 0 Å². The summed E-state index contributed by atoms with van der Waals surface area (Å²) in [4.78, 5) is 27.9. The third-order valence-corrected chi connectivity index (χ3v) is 4.40. The zero-order chi connectivity index (χ0) is 17.5. The SMILES string of the molecule is CCOC(=O)N1CCN([C@@H](C)C(=O)Nc2ccc(CC)cc2)CC1. The molecule has 0 aromatic heterocycles. The predicted molar refractivity (Wildman–Crippen MR) is 94.1 cm³/mol. The van der Waals surface area contributed by atoms with Crippen LogP contribution in [0.3, 0.4) is 0 Å². The fraction of sp³-hybridized carbons (Fsp3) is 0.556. The van der Waals surface area contributed by atoms with Crippen LogP contribution in [0, 0.1) is 0 Å². The van der Waals surface area contributed by atoms with Crippen molar-refractivity contribution in [2.24, 2.45) is 0 Å². The lowest BCUT2D eigenvalue weighted by molar-refractivity contribution is -0.121. The summed E-state index contributed by atoms with van der Waals surface area (Å²) in [5.41, 5.74) is 2.06. The highest BCUT2D eigenvalue weighted by atomic mass is 16.6. The van der Waals surface area contributed by atoms with Crippen molar-refractivity contribution in [1.82, 2.24) is 9.80 Å². The van der Waals surface area contributed by atoms with E-state index in [1.807, 2.05) is 31.2 Å². The number of piperazine rings is 1. The lowest BCUT2D eigenvalue weighted by Gasteiger charge is -2.36. The summed E-state index contributed by atoms with van der Waals surface area (Å²) >= 11 is 0. The Hall–Kier alpha value is -2.08. The van der Waals surface area contributed by atoms with Crippen LogP contribution in [0.25, 0.3) is 0 Å². The average molecular weight is 333 g/mol. The van der Waals surface area contributed by atoms with Crippen molar-refractivity contribution in [2.75, 3.05) is 38.1 Å². The molecule has 1 aromatic carbocycles. The van der Waals surface area contributed by atoms with E-state index in [1.165, 1.54) is 5.56 Å². The summed E-state index contributed by atoms with van der Waals surface area (Å²) in [5, 5.41) is 2.96. The standard InChI is InChI=1S/C18H27N3O3/c1-4-15-6-8-16(9-7-15)19-17(22)14(3)20-10-12-21(13-11-20)18(23)24-5-2/h6-9,14H,4-5,10-13H2,1-3H3,(H,19,22)/t14-/m0/s1.